The minimum atomic E-state index is -0.0950. The van der Waals surface area contributed by atoms with E-state index in [1.165, 1.54) is 5.01 Å². The van der Waals surface area contributed by atoms with Gasteiger partial charge in [0.1, 0.15) is 0 Å². The normalized spacial score (nSPS) is 11.8. The first-order valence-corrected chi connectivity index (χ1v) is 4.78. The average molecular weight is 194 g/mol. The van der Waals surface area contributed by atoms with Crippen molar-refractivity contribution < 1.29 is 4.79 Å². The van der Waals surface area contributed by atoms with E-state index in [-0.39, 0.29) is 5.91 Å². The van der Waals surface area contributed by atoms with Crippen LogP contribution in [0, 0.1) is 0 Å². The number of hydrogen-bond acceptors (Lipinski definition) is 2. The van der Waals surface area contributed by atoms with Gasteiger partial charge in [-0.1, -0.05) is 25.2 Å². The van der Waals surface area contributed by atoms with Gasteiger partial charge in [0.05, 0.1) is 0 Å². The molecule has 0 fully saturated rings. The van der Waals surface area contributed by atoms with Crippen molar-refractivity contribution in [3.8, 4) is 0 Å². The fraction of sp³-hybridized carbons (Fsp3) is 0.455. The standard InChI is InChI=1S/C11H18N2O/c1-5-8-10(7-3)11(14)13(12-4)9-6-2/h5,7-8H,4,6,9H2,1-3H3/b8-5-,10-7+. The number of hydrogen-bond donors (Lipinski definition) is 0. The van der Waals surface area contributed by atoms with Gasteiger partial charge in [-0.3, -0.25) is 4.79 Å². The third kappa shape index (κ3) is 3.56. The van der Waals surface area contributed by atoms with Crippen LogP contribution in [0.15, 0.2) is 28.9 Å². The predicted octanol–water partition coefficient (Wildman–Crippen LogP) is 2.36. The molecule has 1 amide bonds. The maximum atomic E-state index is 11.8. The summed E-state index contributed by atoms with van der Waals surface area (Å²) in [5.41, 5.74) is 0.647. The van der Waals surface area contributed by atoms with Crippen LogP contribution in [0.1, 0.15) is 27.2 Å². The minimum Gasteiger partial charge on any atom is -0.267 e. The number of hydrazone groups is 1. The Labute approximate surface area is 85.8 Å². The summed E-state index contributed by atoms with van der Waals surface area (Å²) in [5.74, 6) is -0.0950. The maximum Gasteiger partial charge on any atom is 0.273 e. The Hall–Kier alpha value is -1.38. The first kappa shape index (κ1) is 12.6. The molecule has 0 aromatic heterocycles. The lowest BCUT2D eigenvalue weighted by atomic mass is 10.2. The Morgan fingerprint density at radius 1 is 1.50 bits per heavy atom. The lowest BCUT2D eigenvalue weighted by molar-refractivity contribution is -0.126. The molecule has 0 aromatic rings. The molecule has 14 heavy (non-hydrogen) atoms. The molecule has 3 nitrogen and oxygen atoms in total. The highest BCUT2D eigenvalue weighted by Crippen LogP contribution is 2.05. The van der Waals surface area contributed by atoms with Crippen molar-refractivity contribution in [2.45, 2.75) is 27.2 Å². The molecule has 0 atom stereocenters. The van der Waals surface area contributed by atoms with Crippen LogP contribution in [0.3, 0.4) is 0 Å². The van der Waals surface area contributed by atoms with Crippen molar-refractivity contribution in [2.24, 2.45) is 5.10 Å². The van der Waals surface area contributed by atoms with Gasteiger partial charge in [0, 0.05) is 18.8 Å². The predicted molar refractivity (Wildman–Crippen MR) is 60.1 cm³/mol. The van der Waals surface area contributed by atoms with E-state index in [0.29, 0.717) is 12.1 Å². The van der Waals surface area contributed by atoms with Crippen molar-refractivity contribution in [3.05, 3.63) is 23.8 Å². The molecule has 0 radical (unpaired) electrons. The van der Waals surface area contributed by atoms with Gasteiger partial charge in [-0.25, -0.2) is 5.01 Å². The van der Waals surface area contributed by atoms with Gasteiger partial charge in [-0.05, 0) is 20.3 Å². The van der Waals surface area contributed by atoms with E-state index < -0.39 is 0 Å². The van der Waals surface area contributed by atoms with Crippen LogP contribution in [0.25, 0.3) is 0 Å². The van der Waals surface area contributed by atoms with Crippen molar-refractivity contribution in [1.29, 1.82) is 0 Å². The molecular formula is C11H18N2O. The Bertz CT molecular complexity index is 254. The topological polar surface area (TPSA) is 32.7 Å². The molecule has 0 saturated heterocycles. The van der Waals surface area contributed by atoms with Crippen LogP contribution < -0.4 is 0 Å². The van der Waals surface area contributed by atoms with E-state index in [4.69, 9.17) is 0 Å². The fourth-order valence-corrected chi connectivity index (χ4v) is 1.07. The zero-order chi connectivity index (χ0) is 11.0. The van der Waals surface area contributed by atoms with E-state index in [1.807, 2.05) is 26.8 Å². The van der Waals surface area contributed by atoms with Gasteiger partial charge in [0.2, 0.25) is 0 Å². The molecule has 0 aliphatic heterocycles. The summed E-state index contributed by atoms with van der Waals surface area (Å²) in [6.07, 6.45) is 6.25. The molecule has 0 aliphatic carbocycles. The number of rotatable bonds is 5. The number of amides is 1. The maximum absolute atomic E-state index is 11.8. The largest absolute Gasteiger partial charge is 0.273 e. The summed E-state index contributed by atoms with van der Waals surface area (Å²) in [4.78, 5) is 11.8. The van der Waals surface area contributed by atoms with Gasteiger partial charge in [0.15, 0.2) is 0 Å². The molecular weight excluding hydrogens is 176 g/mol. The summed E-state index contributed by atoms with van der Waals surface area (Å²) >= 11 is 0. The van der Waals surface area contributed by atoms with Crippen molar-refractivity contribution in [3.63, 3.8) is 0 Å². The molecule has 0 aromatic carbocycles. The van der Waals surface area contributed by atoms with Gasteiger partial charge in [-0.15, -0.1) is 0 Å². The summed E-state index contributed by atoms with van der Waals surface area (Å²) in [5, 5.41) is 5.07. The molecule has 0 saturated carbocycles. The second-order valence-electron chi connectivity index (χ2n) is 2.81. The molecule has 0 unspecified atom stereocenters. The number of nitrogens with zero attached hydrogens (tertiary/aromatic N) is 2. The molecule has 78 valence electrons. The van der Waals surface area contributed by atoms with Gasteiger partial charge in [0.25, 0.3) is 5.91 Å². The third-order valence-electron chi connectivity index (χ3n) is 1.74. The Morgan fingerprint density at radius 3 is 2.50 bits per heavy atom. The Balaban J connectivity index is 4.62. The van der Waals surface area contributed by atoms with E-state index >= 15 is 0 Å². The zero-order valence-corrected chi connectivity index (χ0v) is 9.16. The van der Waals surface area contributed by atoms with E-state index in [0.717, 1.165) is 6.42 Å². The Kier molecular flexibility index (Phi) is 6.37. The average Bonchev–Trinajstić information content (AvgIpc) is 2.21. The molecule has 0 aliphatic rings. The lowest BCUT2D eigenvalue weighted by Gasteiger charge is -2.15. The summed E-state index contributed by atoms with van der Waals surface area (Å²) in [7, 11) is 0. The monoisotopic (exact) mass is 194 g/mol. The zero-order valence-electron chi connectivity index (χ0n) is 9.16. The van der Waals surface area contributed by atoms with Crippen LogP contribution in [0.4, 0.5) is 0 Å². The van der Waals surface area contributed by atoms with Gasteiger partial charge >= 0.3 is 0 Å². The number of allylic oxidation sites excluding steroid dienone is 2. The van der Waals surface area contributed by atoms with Crippen molar-refractivity contribution in [1.82, 2.24) is 5.01 Å². The van der Waals surface area contributed by atoms with Crippen LogP contribution >= 0.6 is 0 Å². The highest BCUT2D eigenvalue weighted by Gasteiger charge is 2.12. The number of carbonyl (C=O) groups is 1. The van der Waals surface area contributed by atoms with Crippen LogP contribution in [-0.2, 0) is 4.79 Å². The SMILES string of the molecule is C=NN(CCC)C(=O)C(/C=C\C)=C/C. The summed E-state index contributed by atoms with van der Waals surface area (Å²) in [6.45, 7) is 9.70. The first-order valence-electron chi connectivity index (χ1n) is 4.78. The second-order valence-corrected chi connectivity index (χ2v) is 2.81. The van der Waals surface area contributed by atoms with Gasteiger partial charge < -0.3 is 0 Å². The summed E-state index contributed by atoms with van der Waals surface area (Å²) in [6, 6.07) is 0. The van der Waals surface area contributed by atoms with E-state index in [2.05, 4.69) is 11.8 Å². The fourth-order valence-electron chi connectivity index (χ4n) is 1.07. The third-order valence-corrected chi connectivity index (χ3v) is 1.74. The molecule has 0 bridgehead atoms. The molecule has 0 heterocycles. The second kappa shape index (κ2) is 7.06. The molecule has 0 spiro atoms. The quantitative estimate of drug-likeness (QED) is 0.286. The van der Waals surface area contributed by atoms with Crippen LogP contribution in [0.2, 0.25) is 0 Å². The first-order chi connectivity index (χ1) is 6.71. The van der Waals surface area contributed by atoms with E-state index in [1.54, 1.807) is 12.2 Å². The van der Waals surface area contributed by atoms with E-state index in [9.17, 15) is 4.79 Å². The van der Waals surface area contributed by atoms with Gasteiger partial charge in [-0.2, -0.15) is 5.10 Å². The summed E-state index contributed by atoms with van der Waals surface area (Å²) < 4.78 is 0. The highest BCUT2D eigenvalue weighted by molar-refractivity contribution is 5.96. The molecule has 0 rings (SSSR count). The lowest BCUT2D eigenvalue weighted by Crippen LogP contribution is -2.27. The number of carbonyl (C=O) groups excluding carboxylic acids is 1. The van der Waals surface area contributed by atoms with Crippen molar-refractivity contribution in [2.75, 3.05) is 6.54 Å². The van der Waals surface area contributed by atoms with Crippen molar-refractivity contribution >= 4 is 12.6 Å². The van der Waals surface area contributed by atoms with Crippen LogP contribution in [0.5, 0.6) is 0 Å². The highest BCUT2D eigenvalue weighted by atomic mass is 16.2. The smallest absolute Gasteiger partial charge is 0.267 e. The minimum absolute atomic E-state index is 0.0950. The van der Waals surface area contributed by atoms with Crippen LogP contribution in [-0.4, -0.2) is 24.2 Å². The Morgan fingerprint density at radius 2 is 2.14 bits per heavy atom. The molecule has 3 heteroatoms. The molecule has 0 N–H and O–H groups in total.